The van der Waals surface area contributed by atoms with Crippen LogP contribution in [0.3, 0.4) is 0 Å². The summed E-state index contributed by atoms with van der Waals surface area (Å²) in [5.74, 6) is 2.09. The molecule has 0 spiro atoms. The fraction of sp³-hybridized carbons (Fsp3) is 0.200. The Bertz CT molecular complexity index is 894. The van der Waals surface area contributed by atoms with Crippen LogP contribution in [0.25, 0.3) is 11.5 Å². The molecule has 0 fully saturated rings. The molecule has 0 aliphatic heterocycles. The minimum absolute atomic E-state index is 0.0132. The number of aromatic nitrogens is 1. The maximum Gasteiger partial charge on any atom is 0.226 e. The molecule has 1 heterocycles. The highest BCUT2D eigenvalue weighted by molar-refractivity contribution is 7.98. The number of carbonyl (C=O) groups excluding carboxylic acids is 1. The van der Waals surface area contributed by atoms with E-state index < -0.39 is 0 Å². The van der Waals surface area contributed by atoms with E-state index in [2.05, 4.69) is 4.98 Å². The molecule has 0 aliphatic rings. The van der Waals surface area contributed by atoms with Gasteiger partial charge in [0.25, 0.3) is 0 Å². The fourth-order valence-corrected chi connectivity index (χ4v) is 3.09. The summed E-state index contributed by atoms with van der Waals surface area (Å²) in [5, 5.41) is 0. The van der Waals surface area contributed by atoms with Crippen molar-refractivity contribution in [2.45, 2.75) is 12.7 Å². The van der Waals surface area contributed by atoms with Crippen molar-refractivity contribution >= 4 is 17.5 Å². The number of ketones is 1. The summed E-state index contributed by atoms with van der Waals surface area (Å²) < 4.78 is 24.4. The van der Waals surface area contributed by atoms with Crippen LogP contribution in [-0.4, -0.2) is 23.1 Å². The smallest absolute Gasteiger partial charge is 0.226 e. The highest BCUT2D eigenvalue weighted by Gasteiger charge is 2.09. The number of Topliss-reactive ketones (excluding diaryl/α,β-unsaturated/α-hetero) is 1. The molecular formula is C20H18FNO3S. The van der Waals surface area contributed by atoms with Crippen LogP contribution in [-0.2, 0) is 5.75 Å². The predicted octanol–water partition coefficient (Wildman–Crippen LogP) is 5.00. The Morgan fingerprint density at radius 3 is 2.88 bits per heavy atom. The van der Waals surface area contributed by atoms with Gasteiger partial charge < -0.3 is 9.15 Å². The highest BCUT2D eigenvalue weighted by Crippen LogP contribution is 2.22. The lowest BCUT2D eigenvalue weighted by Gasteiger charge is -2.08. The number of para-hydroxylation sites is 1. The highest BCUT2D eigenvalue weighted by atomic mass is 32.2. The van der Waals surface area contributed by atoms with Crippen LogP contribution in [0.1, 0.15) is 23.0 Å². The molecule has 0 amide bonds. The van der Waals surface area contributed by atoms with Gasteiger partial charge in [-0.25, -0.2) is 9.37 Å². The summed E-state index contributed by atoms with van der Waals surface area (Å²) in [6.07, 6.45) is 1.58. The van der Waals surface area contributed by atoms with Crippen LogP contribution < -0.4 is 4.74 Å². The fourth-order valence-electron chi connectivity index (χ4n) is 2.40. The van der Waals surface area contributed by atoms with Crippen molar-refractivity contribution in [3.63, 3.8) is 0 Å². The number of carbonyl (C=O) groups is 1. The summed E-state index contributed by atoms with van der Waals surface area (Å²) in [4.78, 5) is 15.9. The zero-order valence-electron chi connectivity index (χ0n) is 14.3. The normalized spacial score (nSPS) is 10.7. The number of rotatable bonds is 8. The summed E-state index contributed by atoms with van der Waals surface area (Å²) in [7, 11) is 0. The second-order valence-electron chi connectivity index (χ2n) is 5.61. The summed E-state index contributed by atoms with van der Waals surface area (Å²) in [6, 6.07) is 13.4. The number of hydrogen-bond donors (Lipinski definition) is 0. The van der Waals surface area contributed by atoms with Crippen LogP contribution in [0.15, 0.2) is 59.2 Å². The summed E-state index contributed by atoms with van der Waals surface area (Å²) >= 11 is 1.65. The first-order valence-electron chi connectivity index (χ1n) is 8.14. The molecule has 0 aliphatic carbocycles. The second kappa shape index (κ2) is 8.67. The first kappa shape index (κ1) is 18.2. The number of oxazole rings is 1. The lowest BCUT2D eigenvalue weighted by Crippen LogP contribution is -2.04. The molecule has 3 rings (SSSR count). The van der Waals surface area contributed by atoms with Gasteiger partial charge in [0, 0.05) is 17.1 Å². The average Bonchev–Trinajstić information content (AvgIpc) is 3.11. The molecule has 26 heavy (non-hydrogen) atoms. The monoisotopic (exact) mass is 371 g/mol. The number of nitrogens with zero attached hydrogens (tertiary/aromatic N) is 1. The molecule has 0 N–H and O–H groups in total. The van der Waals surface area contributed by atoms with Crippen molar-refractivity contribution in [1.82, 2.24) is 4.98 Å². The van der Waals surface area contributed by atoms with Crippen LogP contribution in [0.4, 0.5) is 4.39 Å². The molecule has 2 aromatic carbocycles. The van der Waals surface area contributed by atoms with E-state index in [1.807, 2.05) is 12.1 Å². The van der Waals surface area contributed by atoms with Gasteiger partial charge in [0.05, 0.1) is 17.9 Å². The molecule has 6 heteroatoms. The molecule has 0 radical (unpaired) electrons. The molecule has 1 aromatic heterocycles. The first-order chi connectivity index (χ1) is 12.6. The van der Waals surface area contributed by atoms with Crippen LogP contribution in [0, 0.1) is 5.82 Å². The number of ether oxygens (including phenoxy) is 1. The van der Waals surface area contributed by atoms with Crippen molar-refractivity contribution in [1.29, 1.82) is 0 Å². The minimum Gasteiger partial charge on any atom is -0.492 e. The molecule has 3 aromatic rings. The predicted molar refractivity (Wildman–Crippen MR) is 100 cm³/mol. The molecular weight excluding hydrogens is 353 g/mol. The average molecular weight is 371 g/mol. The zero-order chi connectivity index (χ0) is 18.4. The zero-order valence-corrected chi connectivity index (χ0v) is 15.1. The molecule has 0 bridgehead atoms. The Kier molecular flexibility index (Phi) is 6.07. The maximum atomic E-state index is 13.3. The van der Waals surface area contributed by atoms with Crippen molar-refractivity contribution < 1.29 is 18.3 Å². The Morgan fingerprint density at radius 2 is 2.08 bits per heavy atom. The third-order valence-electron chi connectivity index (χ3n) is 3.62. The summed E-state index contributed by atoms with van der Waals surface area (Å²) in [6.45, 7) is 2.02. The topological polar surface area (TPSA) is 52.3 Å². The van der Waals surface area contributed by atoms with E-state index in [0.29, 0.717) is 35.1 Å². The van der Waals surface area contributed by atoms with Crippen molar-refractivity contribution in [3.05, 3.63) is 71.9 Å². The van der Waals surface area contributed by atoms with E-state index in [0.717, 1.165) is 11.4 Å². The molecule has 0 atom stereocenters. The third-order valence-corrected chi connectivity index (χ3v) is 4.58. The molecule has 0 saturated carbocycles. The Hall–Kier alpha value is -2.60. The lowest BCUT2D eigenvalue weighted by atomic mass is 10.1. The van der Waals surface area contributed by atoms with Crippen LogP contribution >= 0.6 is 11.8 Å². The van der Waals surface area contributed by atoms with Crippen LogP contribution in [0.5, 0.6) is 5.75 Å². The van der Waals surface area contributed by atoms with E-state index in [9.17, 15) is 9.18 Å². The van der Waals surface area contributed by atoms with Gasteiger partial charge in [0.15, 0.2) is 5.78 Å². The first-order valence-corrected chi connectivity index (χ1v) is 9.30. The SMILES string of the molecule is CC(=O)c1ccccc1OCCSCc1coc(-c2cccc(F)c2)n1. The van der Waals surface area contributed by atoms with Crippen molar-refractivity contribution in [2.75, 3.05) is 12.4 Å². The number of thioether (sulfide) groups is 1. The van der Waals surface area contributed by atoms with E-state index in [4.69, 9.17) is 9.15 Å². The van der Waals surface area contributed by atoms with Gasteiger partial charge in [0.2, 0.25) is 5.89 Å². The van der Waals surface area contributed by atoms with E-state index >= 15 is 0 Å². The van der Waals surface area contributed by atoms with E-state index in [-0.39, 0.29) is 11.6 Å². The number of halogens is 1. The van der Waals surface area contributed by atoms with Gasteiger partial charge in [-0.2, -0.15) is 11.8 Å². The molecule has 0 saturated heterocycles. The third kappa shape index (κ3) is 4.73. The second-order valence-corrected chi connectivity index (χ2v) is 6.71. The van der Waals surface area contributed by atoms with E-state index in [1.165, 1.54) is 19.1 Å². The summed E-state index contributed by atoms with van der Waals surface area (Å²) in [5.41, 5.74) is 2.00. The van der Waals surface area contributed by atoms with Crippen molar-refractivity contribution in [3.8, 4) is 17.2 Å². The van der Waals surface area contributed by atoms with Gasteiger partial charge in [0.1, 0.15) is 17.8 Å². The minimum atomic E-state index is -0.320. The maximum absolute atomic E-state index is 13.3. The van der Waals surface area contributed by atoms with Gasteiger partial charge in [-0.3, -0.25) is 4.79 Å². The Labute approximate surface area is 155 Å². The van der Waals surface area contributed by atoms with Gasteiger partial charge in [-0.1, -0.05) is 18.2 Å². The Balaban J connectivity index is 1.47. The number of benzene rings is 2. The molecule has 134 valence electrons. The van der Waals surface area contributed by atoms with E-state index in [1.54, 1.807) is 42.3 Å². The standard InChI is InChI=1S/C20H18FNO3S/c1-14(23)18-7-2-3-8-19(18)24-9-10-26-13-17-12-25-20(22-17)15-5-4-6-16(21)11-15/h2-8,11-12H,9-10,13H2,1H3. The lowest BCUT2D eigenvalue weighted by molar-refractivity contribution is 0.101. The number of hydrogen-bond acceptors (Lipinski definition) is 5. The Morgan fingerprint density at radius 1 is 1.23 bits per heavy atom. The quantitative estimate of drug-likeness (QED) is 0.412. The molecule has 4 nitrogen and oxygen atoms in total. The molecule has 0 unspecified atom stereocenters. The van der Waals surface area contributed by atoms with Crippen LogP contribution in [0.2, 0.25) is 0 Å². The van der Waals surface area contributed by atoms with Gasteiger partial charge >= 0.3 is 0 Å². The largest absolute Gasteiger partial charge is 0.492 e. The van der Waals surface area contributed by atoms with Gasteiger partial charge in [-0.05, 0) is 37.3 Å². The van der Waals surface area contributed by atoms with Crippen molar-refractivity contribution in [2.24, 2.45) is 0 Å². The van der Waals surface area contributed by atoms with Gasteiger partial charge in [-0.15, -0.1) is 0 Å².